The van der Waals surface area contributed by atoms with E-state index in [1.54, 1.807) is 0 Å². The van der Waals surface area contributed by atoms with Gasteiger partial charge in [0.25, 0.3) is 0 Å². The Balaban J connectivity index is 0. The number of allylic oxidation sites excluding steroid dienone is 4. The molecule has 0 radical (unpaired) electrons. The van der Waals surface area contributed by atoms with E-state index in [1.807, 2.05) is 0 Å². The van der Waals surface area contributed by atoms with Gasteiger partial charge in [-0.1, -0.05) is 0 Å². The van der Waals surface area contributed by atoms with Crippen molar-refractivity contribution in [3.05, 3.63) is 21.6 Å². The van der Waals surface area contributed by atoms with Crippen LogP contribution in [0.1, 0.15) is 33.1 Å². The summed E-state index contributed by atoms with van der Waals surface area (Å²) >= 11 is 2.22. The van der Waals surface area contributed by atoms with Crippen molar-refractivity contribution in [1.82, 2.24) is 0 Å². The van der Waals surface area contributed by atoms with Crippen LogP contribution in [0.2, 0.25) is 0 Å². The molecular weight excluding hydrogens is 267 g/mol. The van der Waals surface area contributed by atoms with Gasteiger partial charge in [0.15, 0.2) is 0 Å². The van der Waals surface area contributed by atoms with Crippen LogP contribution in [-0.4, -0.2) is 12.7 Å². The third-order valence-electron chi connectivity index (χ3n) is 2.07. The van der Waals surface area contributed by atoms with Gasteiger partial charge < -0.3 is 24.8 Å². The van der Waals surface area contributed by atoms with Gasteiger partial charge >= 0.3 is 92.6 Å². The molecule has 85 valence electrons. The molecule has 0 aromatic heterocycles. The third-order valence-corrected chi connectivity index (χ3v) is 2.89. The summed E-state index contributed by atoms with van der Waals surface area (Å²) in [6, 6.07) is 0. The fourth-order valence-corrected chi connectivity index (χ4v) is 1.88. The zero-order chi connectivity index (χ0) is 9.68. The Morgan fingerprint density at radius 3 is 2.53 bits per heavy atom. The van der Waals surface area contributed by atoms with Gasteiger partial charge in [-0.3, -0.25) is 0 Å². The molecule has 0 aliphatic heterocycles. The standard InChI is InChI=1S/C11H17O.2ClH.Ti/c1-10(2)12-9-5-8-11-6-3-4-7-11;;;/h3,6,10H,4-5,8-9H2,1-2H3;2*1H;/q;;;+2/p-2. The van der Waals surface area contributed by atoms with Gasteiger partial charge in [0.05, 0.1) is 0 Å². The van der Waals surface area contributed by atoms with Crippen molar-refractivity contribution in [1.29, 1.82) is 0 Å². The van der Waals surface area contributed by atoms with Crippen LogP contribution < -0.4 is 24.8 Å². The Morgan fingerprint density at radius 1 is 1.40 bits per heavy atom. The summed E-state index contributed by atoms with van der Waals surface area (Å²) in [5.41, 5.74) is 1.52. The van der Waals surface area contributed by atoms with Crippen LogP contribution in [-0.2, 0) is 25.2 Å². The molecule has 15 heavy (non-hydrogen) atoms. The quantitative estimate of drug-likeness (QED) is 0.385. The van der Waals surface area contributed by atoms with E-state index in [-0.39, 0.29) is 24.8 Å². The smallest absolute Gasteiger partial charge is 1.00 e. The second-order valence-electron chi connectivity index (χ2n) is 3.63. The van der Waals surface area contributed by atoms with Crippen LogP contribution in [0.4, 0.5) is 0 Å². The number of halogens is 2. The number of hydrogen-bond acceptors (Lipinski definition) is 1. The van der Waals surface area contributed by atoms with Crippen LogP contribution in [0.3, 0.4) is 0 Å². The molecule has 0 spiro atoms. The van der Waals surface area contributed by atoms with Crippen molar-refractivity contribution >= 4 is 0 Å². The molecule has 1 rings (SSSR count). The molecule has 0 saturated carbocycles. The molecule has 1 aliphatic rings. The fraction of sp³-hybridized carbons (Fsp3) is 0.636. The van der Waals surface area contributed by atoms with E-state index in [9.17, 15) is 0 Å². The average molecular weight is 284 g/mol. The van der Waals surface area contributed by atoms with Gasteiger partial charge in [0.2, 0.25) is 0 Å². The number of rotatable bonds is 5. The van der Waals surface area contributed by atoms with Crippen molar-refractivity contribution in [2.24, 2.45) is 0 Å². The van der Waals surface area contributed by atoms with Crippen LogP contribution in [0.15, 0.2) is 21.6 Å². The van der Waals surface area contributed by atoms with Gasteiger partial charge in [-0.25, -0.2) is 0 Å². The van der Waals surface area contributed by atoms with Crippen LogP contribution in [0.5, 0.6) is 0 Å². The summed E-state index contributed by atoms with van der Waals surface area (Å²) in [5, 5.41) is 0. The Bertz CT molecular complexity index is 225. The van der Waals surface area contributed by atoms with E-state index in [4.69, 9.17) is 4.74 Å². The van der Waals surface area contributed by atoms with E-state index in [0.717, 1.165) is 19.4 Å². The molecule has 0 aromatic rings. The fourth-order valence-electron chi connectivity index (χ4n) is 1.37. The zero-order valence-electron chi connectivity index (χ0n) is 9.22. The summed E-state index contributed by atoms with van der Waals surface area (Å²) in [7, 11) is 0. The molecule has 0 aromatic carbocycles. The minimum atomic E-state index is 0. The minimum Gasteiger partial charge on any atom is -1.00 e. The summed E-state index contributed by atoms with van der Waals surface area (Å²) in [4.78, 5) is 0. The van der Waals surface area contributed by atoms with E-state index in [1.165, 1.54) is 15.9 Å². The van der Waals surface area contributed by atoms with Gasteiger partial charge in [-0.15, -0.1) is 0 Å². The topological polar surface area (TPSA) is 9.23 Å². The van der Waals surface area contributed by atoms with Gasteiger partial charge in [0.1, 0.15) is 0 Å². The largest absolute Gasteiger partial charge is 1.00 e. The molecule has 0 N–H and O–H groups in total. The maximum atomic E-state index is 5.49. The molecule has 0 heterocycles. The number of ether oxygens (including phenoxy) is 1. The summed E-state index contributed by atoms with van der Waals surface area (Å²) < 4.78 is 7.02. The normalized spacial score (nSPS) is 14.2. The Labute approximate surface area is 117 Å². The molecule has 1 aliphatic carbocycles. The minimum absolute atomic E-state index is 0. The van der Waals surface area contributed by atoms with Crippen LogP contribution >= 0.6 is 0 Å². The summed E-state index contributed by atoms with van der Waals surface area (Å²) in [6.07, 6.45) is 8.35. The molecule has 1 nitrogen and oxygen atoms in total. The average Bonchev–Trinajstić information content (AvgIpc) is 2.45. The van der Waals surface area contributed by atoms with Gasteiger partial charge in [-0.05, 0) is 0 Å². The van der Waals surface area contributed by atoms with E-state index >= 15 is 0 Å². The first-order chi connectivity index (χ1) is 6.20. The van der Waals surface area contributed by atoms with E-state index in [2.05, 4.69) is 46.4 Å². The second-order valence-corrected chi connectivity index (χ2v) is 4.58. The van der Waals surface area contributed by atoms with Crippen molar-refractivity contribution in [3.63, 3.8) is 0 Å². The summed E-state index contributed by atoms with van der Waals surface area (Å²) in [5.74, 6) is 0. The second kappa shape index (κ2) is 9.92. The van der Waals surface area contributed by atoms with Crippen LogP contribution in [0, 0.1) is 0 Å². The molecule has 0 atom stereocenters. The van der Waals surface area contributed by atoms with Crippen molar-refractivity contribution in [2.45, 2.75) is 39.2 Å². The first kappa shape index (κ1) is 18.1. The van der Waals surface area contributed by atoms with Crippen molar-refractivity contribution in [3.8, 4) is 0 Å². The SMILES string of the molecule is CC(C)OCCCC1=[C]([Ti+2])CC=C1.[Cl-].[Cl-]. The summed E-state index contributed by atoms with van der Waals surface area (Å²) in [6.45, 7) is 5.06. The molecule has 0 bridgehead atoms. The van der Waals surface area contributed by atoms with Crippen molar-refractivity contribution in [2.75, 3.05) is 6.61 Å². The van der Waals surface area contributed by atoms with Crippen LogP contribution in [0.25, 0.3) is 0 Å². The predicted octanol–water partition coefficient (Wildman–Crippen LogP) is -3.04. The van der Waals surface area contributed by atoms with Crippen molar-refractivity contribution < 1.29 is 50.0 Å². The molecule has 0 unspecified atom stereocenters. The van der Waals surface area contributed by atoms with E-state index in [0.29, 0.717) is 6.10 Å². The maximum absolute atomic E-state index is 5.49. The number of hydrogen-bond donors (Lipinski definition) is 0. The Hall–Kier alpha value is 0.734. The zero-order valence-corrected chi connectivity index (χ0v) is 12.3. The van der Waals surface area contributed by atoms with E-state index < -0.39 is 0 Å². The predicted molar refractivity (Wildman–Crippen MR) is 51.1 cm³/mol. The Morgan fingerprint density at radius 2 is 2.07 bits per heavy atom. The van der Waals surface area contributed by atoms with Gasteiger partial charge in [0, 0.05) is 0 Å². The molecule has 0 saturated heterocycles. The first-order valence-electron chi connectivity index (χ1n) is 4.92. The van der Waals surface area contributed by atoms with Gasteiger partial charge in [-0.2, -0.15) is 0 Å². The third kappa shape index (κ3) is 7.60. The molecule has 0 fully saturated rings. The molecule has 4 heteroatoms. The molecular formula is C11H17Cl2OTi. The first-order valence-corrected chi connectivity index (χ1v) is 5.70. The molecule has 0 amide bonds. The maximum Gasteiger partial charge on any atom is -1.00 e. The monoisotopic (exact) mass is 283 g/mol. The Kier molecular flexibility index (Phi) is 12.0.